The number of aromatic nitrogens is 4. The Morgan fingerprint density at radius 2 is 1.85 bits per heavy atom. The smallest absolute Gasteiger partial charge is 0.225 e. The summed E-state index contributed by atoms with van der Waals surface area (Å²) in [6, 6.07) is 7.47. The van der Waals surface area contributed by atoms with Crippen LogP contribution in [0.3, 0.4) is 0 Å². The van der Waals surface area contributed by atoms with Gasteiger partial charge in [-0.05, 0) is 44.0 Å². The molecule has 39 heavy (non-hydrogen) atoms. The first-order valence-electron chi connectivity index (χ1n) is 12.7. The zero-order valence-corrected chi connectivity index (χ0v) is 22.6. The number of nitrogens with one attached hydrogen (secondary N) is 2. The van der Waals surface area contributed by atoms with Crippen molar-refractivity contribution in [3.63, 3.8) is 0 Å². The Hall–Kier alpha value is -3.29. The number of anilines is 2. The maximum atomic E-state index is 13.4. The highest BCUT2D eigenvalue weighted by atomic mass is 32.1. The minimum Gasteiger partial charge on any atom is -0.396 e. The maximum Gasteiger partial charge on any atom is 0.225 e. The van der Waals surface area contributed by atoms with Gasteiger partial charge >= 0.3 is 0 Å². The summed E-state index contributed by atoms with van der Waals surface area (Å²) in [6.07, 6.45) is -0.398. The Bertz CT molecular complexity index is 1450. The molecule has 4 aromatic rings. The number of thiazole rings is 1. The van der Waals surface area contributed by atoms with Gasteiger partial charge in [0.2, 0.25) is 5.95 Å². The number of hydrogen-bond acceptors (Lipinski definition) is 11. The van der Waals surface area contributed by atoms with Gasteiger partial charge in [-0.1, -0.05) is 12.1 Å². The fraction of sp³-hybridized carbons (Fsp3) is 0.407. The Morgan fingerprint density at radius 1 is 1.08 bits per heavy atom. The molecule has 0 bridgehead atoms. The monoisotopic (exact) mass is 554 g/mol. The predicted octanol–water partition coefficient (Wildman–Crippen LogP) is 3.22. The molecular formula is C27H31FN6O4S. The molecule has 0 unspecified atom stereocenters. The van der Waals surface area contributed by atoms with Crippen LogP contribution in [-0.4, -0.2) is 73.8 Å². The number of aliphatic hydroxyl groups excluding tert-OH is 3. The van der Waals surface area contributed by atoms with Crippen LogP contribution >= 0.6 is 11.3 Å². The number of fused-ring (bicyclic) bond motifs is 1. The van der Waals surface area contributed by atoms with Gasteiger partial charge in [-0.15, -0.1) is 11.3 Å². The first kappa shape index (κ1) is 27.3. The summed E-state index contributed by atoms with van der Waals surface area (Å²) in [5.74, 6) is -0.00000103. The minimum atomic E-state index is -1.08. The van der Waals surface area contributed by atoms with Crippen LogP contribution in [0.15, 0.2) is 36.5 Å². The number of halogens is 1. The molecule has 5 N–H and O–H groups in total. The molecule has 1 aliphatic rings. The molecule has 5 rings (SSSR count). The highest BCUT2D eigenvalue weighted by molar-refractivity contribution is 7.21. The number of ether oxygens (including phenoxy) is 1. The third-order valence-corrected chi connectivity index (χ3v) is 8.16. The van der Waals surface area contributed by atoms with Gasteiger partial charge in [-0.25, -0.2) is 14.4 Å². The van der Waals surface area contributed by atoms with E-state index < -0.39 is 24.2 Å². The van der Waals surface area contributed by atoms with Crippen LogP contribution in [0.1, 0.15) is 29.5 Å². The van der Waals surface area contributed by atoms with Crippen LogP contribution in [0, 0.1) is 25.6 Å². The summed E-state index contributed by atoms with van der Waals surface area (Å²) in [5, 5.41) is 37.9. The highest BCUT2D eigenvalue weighted by Crippen LogP contribution is 2.38. The van der Waals surface area contributed by atoms with Crippen molar-refractivity contribution in [2.75, 3.05) is 30.9 Å². The largest absolute Gasteiger partial charge is 0.396 e. The Labute approximate surface area is 229 Å². The van der Waals surface area contributed by atoms with E-state index in [0.717, 1.165) is 21.5 Å². The van der Waals surface area contributed by atoms with Crippen molar-refractivity contribution in [1.82, 2.24) is 19.9 Å². The van der Waals surface area contributed by atoms with Gasteiger partial charge in [0.05, 0.1) is 39.9 Å². The van der Waals surface area contributed by atoms with E-state index in [9.17, 15) is 19.7 Å². The number of methoxy groups -OCH3 is 1. The molecule has 0 radical (unpaired) electrons. The number of nitrogens with zero attached hydrogens (tertiary/aromatic N) is 4. The number of aryl methyl sites for hydroxylation is 2. The van der Waals surface area contributed by atoms with Crippen LogP contribution in [-0.2, 0) is 4.74 Å². The van der Waals surface area contributed by atoms with Gasteiger partial charge in [0.15, 0.2) is 0 Å². The van der Waals surface area contributed by atoms with Crippen LogP contribution in [0.25, 0.3) is 20.8 Å². The predicted molar refractivity (Wildman–Crippen MR) is 147 cm³/mol. The standard InChI is InChI=1S/C27H31FN6O4S/c1-13-21(26-33-22-14(2)29-9-8-20(22)39-26)25(32-18-10-16(12-35)23(36)24(18)37)34-27(31-13)30-11-19(38-3)15-4-6-17(28)7-5-15/h4-9,16,18-19,23-24,35-37H,10-12H2,1-3H3,(H2,30,31,32,34)/t16-,18-,19+,23-,24+/m1/s1. The zero-order valence-electron chi connectivity index (χ0n) is 21.8. The third-order valence-electron chi connectivity index (χ3n) is 7.12. The summed E-state index contributed by atoms with van der Waals surface area (Å²) in [5.41, 5.74) is 3.74. The Balaban J connectivity index is 1.49. The summed E-state index contributed by atoms with van der Waals surface area (Å²) in [6.45, 7) is 3.85. The minimum absolute atomic E-state index is 0.231. The number of rotatable bonds is 9. The molecule has 3 aromatic heterocycles. The third kappa shape index (κ3) is 5.56. The SMILES string of the molecule is CO[C@@H](CNc1nc(C)c(-c2nc3c(C)nccc3s2)c(N[C@@H]2C[C@H](CO)[C@@H](O)[C@H]2O)n1)c1ccc(F)cc1. The van der Waals surface area contributed by atoms with Crippen molar-refractivity contribution in [3.05, 3.63) is 59.3 Å². The summed E-state index contributed by atoms with van der Waals surface area (Å²) < 4.78 is 20.0. The average Bonchev–Trinajstić information content (AvgIpc) is 3.47. The van der Waals surface area contributed by atoms with Crippen molar-refractivity contribution in [1.29, 1.82) is 0 Å². The summed E-state index contributed by atoms with van der Waals surface area (Å²) >= 11 is 1.49. The summed E-state index contributed by atoms with van der Waals surface area (Å²) in [7, 11) is 1.58. The maximum absolute atomic E-state index is 13.4. The van der Waals surface area contributed by atoms with Crippen LogP contribution in [0.4, 0.5) is 16.2 Å². The van der Waals surface area contributed by atoms with Crippen LogP contribution < -0.4 is 10.6 Å². The van der Waals surface area contributed by atoms with Gasteiger partial charge in [-0.3, -0.25) is 4.98 Å². The second kappa shape index (κ2) is 11.4. The Morgan fingerprint density at radius 3 is 2.51 bits per heavy atom. The van der Waals surface area contributed by atoms with Gasteiger partial charge in [0.25, 0.3) is 0 Å². The highest BCUT2D eigenvalue weighted by Gasteiger charge is 2.41. The molecule has 12 heteroatoms. The molecule has 10 nitrogen and oxygen atoms in total. The van der Waals surface area contributed by atoms with Crippen molar-refractivity contribution < 1.29 is 24.4 Å². The van der Waals surface area contributed by atoms with Gasteiger partial charge in [0, 0.05) is 32.4 Å². The molecule has 1 aromatic carbocycles. The van der Waals surface area contributed by atoms with E-state index >= 15 is 0 Å². The van der Waals surface area contributed by atoms with Gasteiger partial charge < -0.3 is 30.7 Å². The molecule has 0 spiro atoms. The molecule has 0 saturated heterocycles. The number of aliphatic hydroxyl groups is 3. The van der Waals surface area contributed by atoms with E-state index in [4.69, 9.17) is 14.7 Å². The molecule has 3 heterocycles. The number of hydrogen-bond donors (Lipinski definition) is 5. The van der Waals surface area contributed by atoms with Crippen LogP contribution in [0.2, 0.25) is 0 Å². The fourth-order valence-electron chi connectivity index (χ4n) is 4.92. The van der Waals surface area contributed by atoms with E-state index in [2.05, 4.69) is 20.6 Å². The lowest BCUT2D eigenvalue weighted by atomic mass is 10.1. The van der Waals surface area contributed by atoms with E-state index in [0.29, 0.717) is 41.0 Å². The first-order valence-corrected chi connectivity index (χ1v) is 13.5. The van der Waals surface area contributed by atoms with Crippen molar-refractivity contribution in [2.45, 2.75) is 44.6 Å². The van der Waals surface area contributed by atoms with Crippen molar-refractivity contribution >= 4 is 33.3 Å². The molecule has 0 amide bonds. The number of benzene rings is 1. The molecule has 5 atom stereocenters. The Kier molecular flexibility index (Phi) is 8.01. The van der Waals surface area contributed by atoms with E-state index in [-0.39, 0.29) is 18.5 Å². The normalized spacial score (nSPS) is 21.8. The van der Waals surface area contributed by atoms with E-state index in [1.54, 1.807) is 25.4 Å². The second-order valence-corrected chi connectivity index (χ2v) is 10.7. The first-order chi connectivity index (χ1) is 18.8. The molecule has 1 aliphatic carbocycles. The van der Waals surface area contributed by atoms with Gasteiger partial charge in [0.1, 0.15) is 28.3 Å². The van der Waals surface area contributed by atoms with Crippen molar-refractivity contribution in [2.24, 2.45) is 5.92 Å². The average molecular weight is 555 g/mol. The summed E-state index contributed by atoms with van der Waals surface area (Å²) in [4.78, 5) is 18.6. The van der Waals surface area contributed by atoms with E-state index in [1.165, 1.54) is 23.5 Å². The second-order valence-electron chi connectivity index (χ2n) is 9.69. The number of pyridine rings is 1. The van der Waals surface area contributed by atoms with E-state index in [1.807, 2.05) is 19.9 Å². The fourth-order valence-corrected chi connectivity index (χ4v) is 6.04. The van der Waals surface area contributed by atoms with Gasteiger partial charge in [-0.2, -0.15) is 4.98 Å². The molecule has 1 saturated carbocycles. The van der Waals surface area contributed by atoms with Crippen LogP contribution in [0.5, 0.6) is 0 Å². The topological polar surface area (TPSA) is 146 Å². The molecular weight excluding hydrogens is 523 g/mol. The lowest BCUT2D eigenvalue weighted by molar-refractivity contribution is 0.00446. The quantitative estimate of drug-likeness (QED) is 0.209. The van der Waals surface area contributed by atoms with Crippen molar-refractivity contribution in [3.8, 4) is 10.6 Å². The molecule has 1 fully saturated rings. The lowest BCUT2D eigenvalue weighted by Gasteiger charge is -2.22. The molecule has 0 aliphatic heterocycles. The molecule has 206 valence electrons. The lowest BCUT2D eigenvalue weighted by Crippen LogP contribution is -2.35. The zero-order chi connectivity index (χ0) is 27.7.